The lowest BCUT2D eigenvalue weighted by Crippen LogP contribution is -2.26. The summed E-state index contributed by atoms with van der Waals surface area (Å²) in [5.74, 6) is -0.199. The number of hydrogen-bond donors (Lipinski definition) is 0. The van der Waals surface area contributed by atoms with Crippen LogP contribution in [0.5, 0.6) is 0 Å². The van der Waals surface area contributed by atoms with E-state index in [0.29, 0.717) is 0 Å². The fourth-order valence-electron chi connectivity index (χ4n) is 0.813. The Hall–Kier alpha value is -0.730. The zero-order valence-electron chi connectivity index (χ0n) is 7.53. The van der Waals surface area contributed by atoms with Crippen molar-refractivity contribution in [2.45, 2.75) is 26.3 Å². The van der Waals surface area contributed by atoms with E-state index in [9.17, 15) is 4.79 Å². The van der Waals surface area contributed by atoms with Gasteiger partial charge in [0.05, 0.1) is 12.3 Å². The topological polar surface area (TPSA) is 38.7 Å². The third-order valence-corrected chi connectivity index (χ3v) is 1.92. The van der Waals surface area contributed by atoms with Crippen LogP contribution in [-0.4, -0.2) is 24.3 Å². The third-order valence-electron chi connectivity index (χ3n) is 1.82. The van der Waals surface area contributed by atoms with E-state index in [1.165, 1.54) is 7.11 Å². The van der Waals surface area contributed by atoms with Gasteiger partial charge in [0.25, 0.3) is 0 Å². The van der Waals surface area contributed by atoms with Crippen molar-refractivity contribution >= 4 is 23.3 Å². The van der Waals surface area contributed by atoms with E-state index in [-0.39, 0.29) is 11.9 Å². The lowest BCUT2D eigenvalue weighted by atomic mass is 10.0. The first kappa shape index (κ1) is 11.3. The minimum atomic E-state index is -0.488. The van der Waals surface area contributed by atoms with E-state index in [4.69, 9.17) is 0 Å². The fraction of sp³-hybridized carbons (Fsp3) is 0.750. The summed E-state index contributed by atoms with van der Waals surface area (Å²) in [6.45, 7) is 3.91. The number of ether oxygens (including phenoxy) is 1. The lowest BCUT2D eigenvalue weighted by Gasteiger charge is -2.14. The molecule has 0 radical (unpaired) electrons. The van der Waals surface area contributed by atoms with Gasteiger partial charge < -0.3 is 4.74 Å². The largest absolute Gasteiger partial charge is 0.467 e. The molecule has 0 heterocycles. The van der Waals surface area contributed by atoms with Crippen molar-refractivity contribution in [1.29, 1.82) is 0 Å². The summed E-state index contributed by atoms with van der Waals surface area (Å²) in [4.78, 5) is 14.9. The van der Waals surface area contributed by atoms with Gasteiger partial charge in [-0.2, -0.15) is 0 Å². The molecule has 12 heavy (non-hydrogen) atoms. The first-order chi connectivity index (χ1) is 5.67. The number of hydrogen-bond acceptors (Lipinski definition) is 4. The lowest BCUT2D eigenvalue weighted by molar-refractivity contribution is -0.143. The van der Waals surface area contributed by atoms with Gasteiger partial charge in [0.1, 0.15) is 0 Å². The van der Waals surface area contributed by atoms with Crippen molar-refractivity contribution in [3.63, 3.8) is 0 Å². The molecule has 2 atom stereocenters. The molecule has 0 aliphatic rings. The van der Waals surface area contributed by atoms with Crippen molar-refractivity contribution in [2.75, 3.05) is 7.11 Å². The number of methoxy groups -OCH3 is 1. The molecule has 0 bridgehead atoms. The summed E-state index contributed by atoms with van der Waals surface area (Å²) in [7, 11) is 1.34. The van der Waals surface area contributed by atoms with Crippen LogP contribution in [0.1, 0.15) is 20.3 Å². The van der Waals surface area contributed by atoms with Crippen molar-refractivity contribution in [3.8, 4) is 0 Å². The van der Waals surface area contributed by atoms with Crippen molar-refractivity contribution in [3.05, 3.63) is 0 Å². The van der Waals surface area contributed by atoms with Crippen LogP contribution in [0.25, 0.3) is 0 Å². The van der Waals surface area contributed by atoms with E-state index in [2.05, 4.69) is 27.1 Å². The molecule has 0 spiro atoms. The van der Waals surface area contributed by atoms with Crippen molar-refractivity contribution in [2.24, 2.45) is 10.9 Å². The van der Waals surface area contributed by atoms with Crippen LogP contribution in [0.3, 0.4) is 0 Å². The van der Waals surface area contributed by atoms with E-state index in [0.717, 1.165) is 6.42 Å². The van der Waals surface area contributed by atoms with Crippen LogP contribution >= 0.6 is 12.2 Å². The zero-order chi connectivity index (χ0) is 9.56. The van der Waals surface area contributed by atoms with Gasteiger partial charge >= 0.3 is 5.97 Å². The van der Waals surface area contributed by atoms with Gasteiger partial charge in [-0.25, -0.2) is 9.79 Å². The molecule has 0 aromatic carbocycles. The van der Waals surface area contributed by atoms with Crippen LogP contribution in [0, 0.1) is 5.92 Å². The minimum Gasteiger partial charge on any atom is -0.467 e. The normalized spacial score (nSPS) is 14.2. The second-order valence-corrected chi connectivity index (χ2v) is 2.76. The molecule has 0 saturated carbocycles. The number of nitrogens with zero attached hydrogens (tertiary/aromatic N) is 1. The molecule has 0 aliphatic carbocycles. The molecule has 0 aliphatic heterocycles. The molecule has 0 fully saturated rings. The smallest absolute Gasteiger partial charge is 0.331 e. The maximum atomic E-state index is 11.1. The summed E-state index contributed by atoms with van der Waals surface area (Å²) < 4.78 is 4.57. The Kier molecular flexibility index (Phi) is 5.51. The highest BCUT2D eigenvalue weighted by Crippen LogP contribution is 2.12. The van der Waals surface area contributed by atoms with Gasteiger partial charge in [-0.3, -0.25) is 0 Å². The van der Waals surface area contributed by atoms with Crippen LogP contribution < -0.4 is 0 Å². The molecule has 68 valence electrons. The van der Waals surface area contributed by atoms with E-state index >= 15 is 0 Å². The molecule has 0 rings (SSSR count). The first-order valence-corrected chi connectivity index (χ1v) is 4.23. The molecule has 0 aromatic rings. The Morgan fingerprint density at radius 2 is 2.33 bits per heavy atom. The highest BCUT2D eigenvalue weighted by Gasteiger charge is 2.23. The molecule has 0 amide bonds. The quantitative estimate of drug-likeness (QED) is 0.382. The van der Waals surface area contributed by atoms with Gasteiger partial charge in [0.15, 0.2) is 6.04 Å². The number of isothiocyanates is 1. The number of carbonyl (C=O) groups is 1. The van der Waals surface area contributed by atoms with Gasteiger partial charge in [0.2, 0.25) is 0 Å². The Morgan fingerprint density at radius 3 is 2.67 bits per heavy atom. The SMILES string of the molecule is CCC(C)C(N=C=S)C(=O)OC. The summed E-state index contributed by atoms with van der Waals surface area (Å²) in [5, 5.41) is 2.21. The number of esters is 1. The minimum absolute atomic E-state index is 0.146. The third kappa shape index (κ3) is 3.11. The van der Waals surface area contributed by atoms with Crippen LogP contribution in [0.15, 0.2) is 4.99 Å². The van der Waals surface area contributed by atoms with Gasteiger partial charge in [-0.05, 0) is 18.1 Å². The van der Waals surface area contributed by atoms with Crippen LogP contribution in [0.4, 0.5) is 0 Å². The van der Waals surface area contributed by atoms with E-state index in [1.54, 1.807) is 0 Å². The van der Waals surface area contributed by atoms with Crippen molar-refractivity contribution < 1.29 is 9.53 Å². The zero-order valence-corrected chi connectivity index (χ0v) is 8.35. The van der Waals surface area contributed by atoms with Crippen LogP contribution in [-0.2, 0) is 9.53 Å². The predicted molar refractivity (Wildman–Crippen MR) is 50.3 cm³/mol. The summed E-state index contributed by atoms with van der Waals surface area (Å²) in [6, 6.07) is -0.488. The molecule has 3 nitrogen and oxygen atoms in total. The number of aliphatic imine (C=N–C) groups is 1. The number of rotatable bonds is 4. The Balaban J connectivity index is 4.42. The van der Waals surface area contributed by atoms with Crippen LogP contribution in [0.2, 0.25) is 0 Å². The fourth-order valence-corrected chi connectivity index (χ4v) is 0.927. The molecule has 0 N–H and O–H groups in total. The Morgan fingerprint density at radius 1 is 1.75 bits per heavy atom. The van der Waals surface area contributed by atoms with Gasteiger partial charge in [0, 0.05) is 0 Å². The molecule has 2 unspecified atom stereocenters. The Bertz CT molecular complexity index is 199. The Labute approximate surface area is 77.8 Å². The highest BCUT2D eigenvalue weighted by atomic mass is 32.1. The number of thiocarbonyl (C=S) groups is 1. The molecule has 4 heteroatoms. The number of carbonyl (C=O) groups excluding carboxylic acids is 1. The molecule has 0 aromatic heterocycles. The summed E-state index contributed by atoms with van der Waals surface area (Å²) in [6.07, 6.45) is 0.861. The molecule has 0 saturated heterocycles. The van der Waals surface area contributed by atoms with Crippen molar-refractivity contribution in [1.82, 2.24) is 0 Å². The first-order valence-electron chi connectivity index (χ1n) is 3.82. The molecular weight excluding hydrogens is 174 g/mol. The molecular formula is C8H13NO2S. The monoisotopic (exact) mass is 187 g/mol. The second kappa shape index (κ2) is 5.86. The maximum absolute atomic E-state index is 11.1. The standard InChI is InChI=1S/C8H13NO2S/c1-4-6(2)7(9-5-12)8(10)11-3/h6-7H,4H2,1-3H3. The maximum Gasteiger partial charge on any atom is 0.331 e. The highest BCUT2D eigenvalue weighted by molar-refractivity contribution is 7.78. The van der Waals surface area contributed by atoms with Gasteiger partial charge in [-0.15, -0.1) is 0 Å². The van der Waals surface area contributed by atoms with Gasteiger partial charge in [-0.1, -0.05) is 20.3 Å². The van der Waals surface area contributed by atoms with E-state index in [1.807, 2.05) is 13.8 Å². The average molecular weight is 187 g/mol. The average Bonchev–Trinajstić information content (AvgIpc) is 2.11. The second-order valence-electron chi connectivity index (χ2n) is 2.57. The summed E-state index contributed by atoms with van der Waals surface area (Å²) in [5.41, 5.74) is 0. The summed E-state index contributed by atoms with van der Waals surface area (Å²) >= 11 is 4.44. The predicted octanol–water partition coefficient (Wildman–Crippen LogP) is 1.68. The van der Waals surface area contributed by atoms with E-state index < -0.39 is 6.04 Å².